The minimum atomic E-state index is -0.230. The summed E-state index contributed by atoms with van der Waals surface area (Å²) in [6.07, 6.45) is 2.16. The topological polar surface area (TPSA) is 32.5 Å². The van der Waals surface area contributed by atoms with Crippen molar-refractivity contribution < 1.29 is 0 Å². The van der Waals surface area contributed by atoms with E-state index in [4.69, 9.17) is 5.73 Å². The predicted molar refractivity (Wildman–Crippen MR) is 115 cm³/mol. The second-order valence-electron chi connectivity index (χ2n) is 8.13. The summed E-state index contributed by atoms with van der Waals surface area (Å²) in [7, 11) is 4.40. The Labute approximate surface area is 164 Å². The normalized spacial score (nSPS) is 18.9. The highest BCUT2D eigenvalue weighted by atomic mass is 15.2. The maximum Gasteiger partial charge on any atom is 0.0488 e. The van der Waals surface area contributed by atoms with Gasteiger partial charge < -0.3 is 10.6 Å². The third kappa shape index (κ3) is 3.54. The number of nitrogens with zero attached hydrogens (tertiary/aromatic N) is 2. The predicted octanol–water partition coefficient (Wildman–Crippen LogP) is 3.97. The van der Waals surface area contributed by atoms with Crippen molar-refractivity contribution in [2.75, 3.05) is 33.7 Å². The molecule has 0 bridgehead atoms. The number of nitrogens with two attached hydrogens (primary N) is 1. The molecule has 0 aliphatic carbocycles. The summed E-state index contributed by atoms with van der Waals surface area (Å²) in [5, 5.41) is 0. The van der Waals surface area contributed by atoms with E-state index < -0.39 is 0 Å². The van der Waals surface area contributed by atoms with Crippen LogP contribution < -0.4 is 5.73 Å². The summed E-state index contributed by atoms with van der Waals surface area (Å²) in [5.41, 5.74) is 9.88. The summed E-state index contributed by atoms with van der Waals surface area (Å²) in [6.45, 7) is 9.26. The summed E-state index contributed by atoms with van der Waals surface area (Å²) in [4.78, 5) is 4.84. The third-order valence-corrected chi connectivity index (χ3v) is 6.60. The van der Waals surface area contributed by atoms with Crippen LogP contribution in [0.25, 0.3) is 0 Å². The molecule has 1 fully saturated rings. The van der Waals surface area contributed by atoms with Gasteiger partial charge in [-0.3, -0.25) is 4.90 Å². The van der Waals surface area contributed by atoms with Crippen LogP contribution in [0, 0.1) is 0 Å². The van der Waals surface area contributed by atoms with E-state index in [1.807, 2.05) is 0 Å². The monoisotopic (exact) mass is 363 g/mol. The Hall–Kier alpha value is -2.10. The van der Waals surface area contributed by atoms with Crippen LogP contribution in [0.1, 0.15) is 30.9 Å². The molecule has 3 rings (SSSR count). The fraction of sp³-hybridized carbons (Fsp3) is 0.417. The molecule has 2 aromatic carbocycles. The molecule has 1 atom stereocenters. The molecule has 1 heterocycles. The first-order valence-electron chi connectivity index (χ1n) is 9.87. The lowest BCUT2D eigenvalue weighted by Gasteiger charge is -2.49. The van der Waals surface area contributed by atoms with Crippen LogP contribution in [0.3, 0.4) is 0 Å². The van der Waals surface area contributed by atoms with Crippen LogP contribution >= 0.6 is 0 Å². The van der Waals surface area contributed by atoms with Crippen LogP contribution in [0.5, 0.6) is 0 Å². The first-order valence-corrected chi connectivity index (χ1v) is 9.87. The lowest BCUT2D eigenvalue weighted by Crippen LogP contribution is -2.52. The Morgan fingerprint density at radius 3 is 2.04 bits per heavy atom. The van der Waals surface area contributed by atoms with Gasteiger partial charge in [-0.05, 0) is 45.0 Å². The van der Waals surface area contributed by atoms with Gasteiger partial charge in [0.2, 0.25) is 0 Å². The van der Waals surface area contributed by atoms with Crippen molar-refractivity contribution in [2.45, 2.75) is 30.7 Å². The van der Waals surface area contributed by atoms with Gasteiger partial charge in [0.25, 0.3) is 0 Å². The number of benzene rings is 2. The van der Waals surface area contributed by atoms with Gasteiger partial charge in [0.05, 0.1) is 0 Å². The zero-order valence-corrected chi connectivity index (χ0v) is 17.0. The van der Waals surface area contributed by atoms with E-state index in [-0.39, 0.29) is 11.0 Å². The van der Waals surface area contributed by atoms with Crippen LogP contribution in [0.2, 0.25) is 0 Å². The number of likely N-dealkylation sites (tertiary alicyclic amines) is 1. The summed E-state index contributed by atoms with van der Waals surface area (Å²) >= 11 is 0. The van der Waals surface area contributed by atoms with Crippen molar-refractivity contribution in [1.82, 2.24) is 9.80 Å². The lowest BCUT2D eigenvalue weighted by atomic mass is 9.76. The summed E-state index contributed by atoms with van der Waals surface area (Å²) in [6, 6.07) is 21.5. The molecule has 0 radical (unpaired) electrons. The minimum absolute atomic E-state index is 0.0872. The van der Waals surface area contributed by atoms with Crippen molar-refractivity contribution in [3.8, 4) is 0 Å². The molecule has 2 aromatic rings. The molecular formula is C24H33N3. The Balaban J connectivity index is 1.81. The molecule has 2 N–H and O–H groups in total. The summed E-state index contributed by atoms with van der Waals surface area (Å²) in [5.74, 6) is 0. The van der Waals surface area contributed by atoms with Crippen molar-refractivity contribution in [1.29, 1.82) is 0 Å². The second kappa shape index (κ2) is 7.87. The van der Waals surface area contributed by atoms with Crippen LogP contribution in [-0.2, 0) is 11.0 Å². The van der Waals surface area contributed by atoms with E-state index in [0.717, 1.165) is 31.6 Å². The maximum atomic E-state index is 6.24. The first kappa shape index (κ1) is 19.7. The molecule has 0 amide bonds. The highest BCUT2D eigenvalue weighted by Crippen LogP contribution is 2.40. The molecule has 1 unspecified atom stereocenters. The average molecular weight is 364 g/mol. The van der Waals surface area contributed by atoms with Crippen molar-refractivity contribution in [3.63, 3.8) is 0 Å². The van der Waals surface area contributed by atoms with E-state index in [9.17, 15) is 0 Å². The molecular weight excluding hydrogens is 330 g/mol. The van der Waals surface area contributed by atoms with Crippen LogP contribution in [0.4, 0.5) is 0 Å². The molecule has 0 aromatic heterocycles. The van der Waals surface area contributed by atoms with Gasteiger partial charge in [-0.1, -0.05) is 67.2 Å². The van der Waals surface area contributed by atoms with E-state index in [1.54, 1.807) is 0 Å². The molecule has 0 saturated carbocycles. The number of rotatable bonds is 6. The van der Waals surface area contributed by atoms with Gasteiger partial charge in [-0.2, -0.15) is 0 Å². The van der Waals surface area contributed by atoms with Gasteiger partial charge in [0.1, 0.15) is 0 Å². The van der Waals surface area contributed by atoms with Gasteiger partial charge >= 0.3 is 0 Å². The largest absolute Gasteiger partial charge is 0.374 e. The maximum absolute atomic E-state index is 6.24. The van der Waals surface area contributed by atoms with Gasteiger partial charge in [0.15, 0.2) is 0 Å². The van der Waals surface area contributed by atoms with Gasteiger partial charge in [-0.25, -0.2) is 0 Å². The highest BCUT2D eigenvalue weighted by Gasteiger charge is 2.40. The summed E-state index contributed by atoms with van der Waals surface area (Å²) < 4.78 is 0. The number of hydrogen-bond donors (Lipinski definition) is 1. The fourth-order valence-corrected chi connectivity index (χ4v) is 4.45. The molecule has 3 nitrogen and oxygen atoms in total. The lowest BCUT2D eigenvalue weighted by molar-refractivity contribution is 0.0620. The molecule has 1 aliphatic rings. The number of piperidine rings is 1. The third-order valence-electron chi connectivity index (χ3n) is 6.60. The number of hydrogen-bond acceptors (Lipinski definition) is 3. The molecule has 144 valence electrons. The Morgan fingerprint density at radius 1 is 1.04 bits per heavy atom. The van der Waals surface area contributed by atoms with Crippen molar-refractivity contribution in [2.24, 2.45) is 5.73 Å². The average Bonchev–Trinajstić information content (AvgIpc) is 2.73. The van der Waals surface area contributed by atoms with Gasteiger partial charge in [-0.15, -0.1) is 0 Å². The van der Waals surface area contributed by atoms with E-state index >= 15 is 0 Å². The quantitative estimate of drug-likeness (QED) is 0.843. The van der Waals surface area contributed by atoms with E-state index in [2.05, 4.69) is 98.1 Å². The zero-order chi connectivity index (χ0) is 19.5. The molecule has 1 aliphatic heterocycles. The van der Waals surface area contributed by atoms with Gasteiger partial charge in [0, 0.05) is 36.3 Å². The van der Waals surface area contributed by atoms with Crippen LogP contribution in [-0.4, -0.2) is 43.5 Å². The fourth-order valence-electron chi connectivity index (χ4n) is 4.45. The zero-order valence-electron chi connectivity index (χ0n) is 17.0. The first-order chi connectivity index (χ1) is 12.9. The molecule has 0 spiro atoms. The molecule has 3 heteroatoms. The second-order valence-corrected chi connectivity index (χ2v) is 8.13. The van der Waals surface area contributed by atoms with Crippen LogP contribution in [0.15, 0.2) is 72.9 Å². The van der Waals surface area contributed by atoms with Crippen molar-refractivity contribution in [3.05, 3.63) is 84.1 Å². The smallest absolute Gasteiger partial charge is 0.0488 e. The molecule has 27 heavy (non-hydrogen) atoms. The Kier molecular flexibility index (Phi) is 5.73. The SMILES string of the molecule is C=C(N1CCC(c2ccccc2)(N(C)C)CC1)C(C)(CN)c1ccccc1. The standard InChI is InChI=1S/C24H33N3/c1-20(23(2,19-25)21-11-7-5-8-12-21)27-17-15-24(16-18-27,26(3)4)22-13-9-6-10-14-22/h5-14H,1,15-19,25H2,2-4H3. The van der Waals surface area contributed by atoms with Crippen molar-refractivity contribution >= 4 is 0 Å². The van der Waals surface area contributed by atoms with E-state index in [0.29, 0.717) is 6.54 Å². The van der Waals surface area contributed by atoms with E-state index in [1.165, 1.54) is 11.1 Å². The highest BCUT2D eigenvalue weighted by molar-refractivity contribution is 5.35. The molecule has 1 saturated heterocycles. The minimum Gasteiger partial charge on any atom is -0.374 e. The Morgan fingerprint density at radius 2 is 1.56 bits per heavy atom. The Bertz CT molecular complexity index is 746.